The van der Waals surface area contributed by atoms with E-state index >= 15 is 0 Å². The van der Waals surface area contributed by atoms with Gasteiger partial charge >= 0.3 is 0 Å². The number of nitrogens with one attached hydrogen (secondary N) is 1. The van der Waals surface area contributed by atoms with E-state index in [-0.39, 0.29) is 5.91 Å². The summed E-state index contributed by atoms with van der Waals surface area (Å²) in [6, 6.07) is 7.27. The molecule has 0 atom stereocenters. The lowest BCUT2D eigenvalue weighted by Gasteiger charge is -2.05. The summed E-state index contributed by atoms with van der Waals surface area (Å²) in [7, 11) is 0. The quantitative estimate of drug-likeness (QED) is 0.698. The normalized spacial score (nSPS) is 14.7. The van der Waals surface area contributed by atoms with Crippen molar-refractivity contribution in [3.05, 3.63) is 60.4 Å². The minimum absolute atomic E-state index is 0.210. The fourth-order valence-corrected chi connectivity index (χ4v) is 1.52. The second-order valence-electron chi connectivity index (χ2n) is 4.29. The van der Waals surface area contributed by atoms with Crippen LogP contribution in [-0.2, 0) is 4.79 Å². The molecule has 120 valence electrons. The molecule has 0 unspecified atom stereocenters. The van der Waals surface area contributed by atoms with Crippen molar-refractivity contribution in [2.24, 2.45) is 0 Å². The minimum atomic E-state index is -0.210. The van der Waals surface area contributed by atoms with Gasteiger partial charge in [0.15, 0.2) is 5.75 Å². The van der Waals surface area contributed by atoms with Crippen LogP contribution in [0.25, 0.3) is 0 Å². The van der Waals surface area contributed by atoms with Crippen LogP contribution in [0.2, 0.25) is 0 Å². The maximum Gasteiger partial charge on any atom is 0.259 e. The lowest BCUT2D eigenvalue weighted by atomic mass is 10.2. The molecule has 22 heavy (non-hydrogen) atoms. The fourth-order valence-electron chi connectivity index (χ4n) is 1.52. The molecule has 1 aromatic rings. The van der Waals surface area contributed by atoms with Gasteiger partial charge in [-0.1, -0.05) is 65.0 Å². The third kappa shape index (κ3) is 6.00. The molecule has 0 aliphatic carbocycles. The number of ether oxygens (including phenoxy) is 1. The highest BCUT2D eigenvalue weighted by molar-refractivity contribution is 6.08. The second-order valence-corrected chi connectivity index (χ2v) is 4.29. The molecule has 0 radical (unpaired) electrons. The van der Waals surface area contributed by atoms with Gasteiger partial charge in [-0.25, -0.2) is 0 Å². The van der Waals surface area contributed by atoms with Crippen LogP contribution in [0.1, 0.15) is 41.0 Å². The molecule has 2 rings (SSSR count). The van der Waals surface area contributed by atoms with Gasteiger partial charge < -0.3 is 10.1 Å². The van der Waals surface area contributed by atoms with E-state index in [1.54, 1.807) is 24.3 Å². The zero-order chi connectivity index (χ0) is 17.0. The van der Waals surface area contributed by atoms with E-state index in [2.05, 4.69) is 25.7 Å². The number of carbonyl (C=O) groups excluding carboxylic acids is 1. The van der Waals surface area contributed by atoms with Gasteiger partial charge in [0.2, 0.25) is 0 Å². The first-order valence-corrected chi connectivity index (χ1v) is 7.74. The zero-order valence-corrected chi connectivity index (χ0v) is 14.3. The van der Waals surface area contributed by atoms with Gasteiger partial charge in [0.05, 0.1) is 11.3 Å². The molecule has 1 aliphatic rings. The van der Waals surface area contributed by atoms with Gasteiger partial charge in [-0.05, 0) is 25.1 Å². The van der Waals surface area contributed by atoms with Crippen LogP contribution in [0.4, 0.5) is 5.69 Å². The Labute approximate surface area is 134 Å². The number of amides is 1. The van der Waals surface area contributed by atoms with Crippen LogP contribution in [0.5, 0.6) is 5.75 Å². The lowest BCUT2D eigenvalue weighted by molar-refractivity contribution is -0.112. The number of rotatable bonds is 1. The van der Waals surface area contributed by atoms with E-state index in [1.807, 2.05) is 39.0 Å². The molecule has 0 fully saturated rings. The first kappa shape index (κ1) is 19.7. The van der Waals surface area contributed by atoms with Crippen LogP contribution in [0.15, 0.2) is 60.4 Å². The molecule has 1 N–H and O–H groups in total. The van der Waals surface area contributed by atoms with Gasteiger partial charge in [0, 0.05) is 0 Å². The van der Waals surface area contributed by atoms with Crippen LogP contribution < -0.4 is 10.1 Å². The topological polar surface area (TPSA) is 38.3 Å². The summed E-state index contributed by atoms with van der Waals surface area (Å²) in [5.41, 5.74) is 1.09. The van der Waals surface area contributed by atoms with E-state index in [4.69, 9.17) is 4.74 Å². The van der Waals surface area contributed by atoms with E-state index in [1.165, 1.54) is 6.42 Å². The maximum atomic E-state index is 11.9. The summed E-state index contributed by atoms with van der Waals surface area (Å²) in [5.74, 6) is 0.748. The highest BCUT2D eigenvalue weighted by atomic mass is 16.5. The standard InChI is InChI=1S/C14H13NO2.C3H8.C2H6/c1-3-4-7-11-10(2)17-13-9-6-5-8-12(13)15-14(11)16;1-3-2;1-2/h3-9H,2H2,1H3,(H,15,16);3H2,1-2H3;1-2H3/b4-3-,11-7+;;. The van der Waals surface area contributed by atoms with E-state index in [0.29, 0.717) is 22.8 Å². The van der Waals surface area contributed by atoms with Crippen LogP contribution >= 0.6 is 0 Å². The molecular formula is C19H27NO2. The third-order valence-corrected chi connectivity index (χ3v) is 2.37. The van der Waals surface area contributed by atoms with Crippen LogP contribution in [0.3, 0.4) is 0 Å². The Morgan fingerprint density at radius 3 is 2.41 bits per heavy atom. The van der Waals surface area contributed by atoms with Crippen LogP contribution in [0, 0.1) is 0 Å². The molecule has 3 heteroatoms. The molecule has 0 bridgehead atoms. The number of anilines is 1. The number of fused-ring (bicyclic) bond motifs is 1. The van der Waals surface area contributed by atoms with Crippen molar-refractivity contribution in [3.63, 3.8) is 0 Å². The highest BCUT2D eigenvalue weighted by Crippen LogP contribution is 2.30. The van der Waals surface area contributed by atoms with Crippen molar-refractivity contribution in [1.29, 1.82) is 0 Å². The van der Waals surface area contributed by atoms with Gasteiger partial charge in [0.1, 0.15) is 5.76 Å². The smallest absolute Gasteiger partial charge is 0.259 e. The van der Waals surface area contributed by atoms with Crippen molar-refractivity contribution in [2.45, 2.75) is 41.0 Å². The van der Waals surface area contributed by atoms with Gasteiger partial charge in [-0.3, -0.25) is 4.79 Å². The monoisotopic (exact) mass is 301 g/mol. The number of carbonyl (C=O) groups is 1. The van der Waals surface area contributed by atoms with E-state index in [9.17, 15) is 4.79 Å². The third-order valence-electron chi connectivity index (χ3n) is 2.37. The number of allylic oxidation sites excluding steroid dienone is 3. The summed E-state index contributed by atoms with van der Waals surface area (Å²) in [4.78, 5) is 11.9. The molecular weight excluding hydrogens is 274 g/mol. The van der Waals surface area contributed by atoms with E-state index < -0.39 is 0 Å². The van der Waals surface area contributed by atoms with Crippen molar-refractivity contribution in [2.75, 3.05) is 5.32 Å². The first-order valence-electron chi connectivity index (χ1n) is 7.74. The molecule has 0 aromatic heterocycles. The molecule has 1 aliphatic heterocycles. The zero-order valence-electron chi connectivity index (χ0n) is 14.3. The Bertz CT molecular complexity index is 503. The SMILES string of the molecule is C=C1Oc2ccccc2NC(=O)/C1=C/C=C\C.CC.CCC. The molecule has 0 saturated carbocycles. The molecule has 3 nitrogen and oxygen atoms in total. The van der Waals surface area contributed by atoms with Crippen LogP contribution in [-0.4, -0.2) is 5.91 Å². The summed E-state index contributed by atoms with van der Waals surface area (Å²) in [5, 5.41) is 2.78. The van der Waals surface area contributed by atoms with E-state index in [0.717, 1.165) is 0 Å². The average Bonchev–Trinajstić information content (AvgIpc) is 2.63. The van der Waals surface area contributed by atoms with Crippen molar-refractivity contribution < 1.29 is 9.53 Å². The van der Waals surface area contributed by atoms with Crippen molar-refractivity contribution in [3.8, 4) is 5.75 Å². The van der Waals surface area contributed by atoms with Gasteiger partial charge in [-0.2, -0.15) is 0 Å². The Hall–Kier alpha value is -2.29. The minimum Gasteiger partial charge on any atom is -0.455 e. The summed E-state index contributed by atoms with van der Waals surface area (Å²) >= 11 is 0. The summed E-state index contributed by atoms with van der Waals surface area (Å²) in [6.07, 6.45) is 6.55. The molecule has 1 heterocycles. The fraction of sp³-hybridized carbons (Fsp3) is 0.316. The molecule has 1 amide bonds. The largest absolute Gasteiger partial charge is 0.455 e. The second kappa shape index (κ2) is 11.4. The number of para-hydroxylation sites is 2. The average molecular weight is 301 g/mol. The highest BCUT2D eigenvalue weighted by Gasteiger charge is 2.21. The predicted octanol–water partition coefficient (Wildman–Crippen LogP) is 5.48. The predicted molar refractivity (Wildman–Crippen MR) is 95.0 cm³/mol. The Kier molecular flexibility index (Phi) is 10.2. The van der Waals surface area contributed by atoms with Crippen molar-refractivity contribution in [1.82, 2.24) is 0 Å². The first-order chi connectivity index (χ1) is 10.6. The summed E-state index contributed by atoms with van der Waals surface area (Å²) < 4.78 is 5.56. The Morgan fingerprint density at radius 2 is 1.82 bits per heavy atom. The summed E-state index contributed by atoms with van der Waals surface area (Å²) in [6.45, 7) is 13.9. The van der Waals surface area contributed by atoms with Gasteiger partial charge in [0.25, 0.3) is 5.91 Å². The Balaban J connectivity index is 0.000000789. The maximum absolute atomic E-state index is 11.9. The number of hydrogen-bond acceptors (Lipinski definition) is 2. The van der Waals surface area contributed by atoms with Crippen molar-refractivity contribution >= 4 is 11.6 Å². The molecule has 0 saturated heterocycles. The number of hydrogen-bond donors (Lipinski definition) is 1. The number of benzene rings is 1. The Morgan fingerprint density at radius 1 is 1.23 bits per heavy atom. The molecule has 1 aromatic carbocycles. The lowest BCUT2D eigenvalue weighted by Crippen LogP contribution is -2.13. The molecule has 0 spiro atoms. The van der Waals surface area contributed by atoms with Gasteiger partial charge in [-0.15, -0.1) is 0 Å².